The molecular formula is C25H19N3O5. The summed E-state index contributed by atoms with van der Waals surface area (Å²) in [4.78, 5) is 37.4. The lowest BCUT2D eigenvalue weighted by molar-refractivity contribution is 0.0592. The van der Waals surface area contributed by atoms with Gasteiger partial charge in [0.25, 0.3) is 0 Å². The highest BCUT2D eigenvalue weighted by atomic mass is 16.5. The maximum Gasteiger partial charge on any atom is 0.337 e. The zero-order chi connectivity index (χ0) is 23.4. The van der Waals surface area contributed by atoms with Crippen LogP contribution in [0.15, 0.2) is 72.8 Å². The van der Waals surface area contributed by atoms with Gasteiger partial charge >= 0.3 is 11.9 Å². The zero-order valence-electron chi connectivity index (χ0n) is 17.9. The Kier molecular flexibility index (Phi) is 6.08. The first kappa shape index (κ1) is 21.6. The lowest BCUT2D eigenvalue weighted by Gasteiger charge is -2.10. The molecule has 33 heavy (non-hydrogen) atoms. The van der Waals surface area contributed by atoms with Crippen LogP contribution in [0.3, 0.4) is 0 Å². The second-order valence-corrected chi connectivity index (χ2v) is 6.96. The van der Waals surface area contributed by atoms with E-state index in [1.54, 1.807) is 24.3 Å². The lowest BCUT2D eigenvalue weighted by Crippen LogP contribution is -2.04. The number of methoxy groups -OCH3 is 2. The van der Waals surface area contributed by atoms with Crippen molar-refractivity contribution in [3.63, 3.8) is 0 Å². The Morgan fingerprint density at radius 1 is 0.667 bits per heavy atom. The van der Waals surface area contributed by atoms with Crippen LogP contribution in [0.25, 0.3) is 34.2 Å². The van der Waals surface area contributed by atoms with E-state index in [0.29, 0.717) is 22.8 Å². The van der Waals surface area contributed by atoms with Gasteiger partial charge in [0, 0.05) is 11.1 Å². The molecule has 0 aliphatic carbocycles. The van der Waals surface area contributed by atoms with E-state index in [0.717, 1.165) is 5.56 Å². The first-order valence-electron chi connectivity index (χ1n) is 9.92. The molecule has 164 valence electrons. The average Bonchev–Trinajstić information content (AvgIpc) is 2.88. The number of aromatic nitrogens is 3. The number of benzene rings is 3. The van der Waals surface area contributed by atoms with Gasteiger partial charge in [-0.05, 0) is 30.3 Å². The summed E-state index contributed by atoms with van der Waals surface area (Å²) in [7, 11) is 2.59. The van der Waals surface area contributed by atoms with Gasteiger partial charge in [0.1, 0.15) is 5.75 Å². The third kappa shape index (κ3) is 4.54. The summed E-state index contributed by atoms with van der Waals surface area (Å²) >= 11 is 0. The van der Waals surface area contributed by atoms with E-state index in [1.807, 2.05) is 30.3 Å². The van der Waals surface area contributed by atoms with Gasteiger partial charge in [0.2, 0.25) is 0 Å². The molecule has 0 aliphatic heterocycles. The summed E-state index contributed by atoms with van der Waals surface area (Å²) in [6.45, 7) is 0. The largest absolute Gasteiger partial charge is 0.507 e. The molecule has 4 rings (SSSR count). The Labute approximate surface area is 189 Å². The molecular weight excluding hydrogens is 422 g/mol. The fraction of sp³-hybridized carbons (Fsp3) is 0.0800. The van der Waals surface area contributed by atoms with Crippen molar-refractivity contribution in [3.05, 3.63) is 83.9 Å². The van der Waals surface area contributed by atoms with Crippen LogP contribution in [0.2, 0.25) is 0 Å². The zero-order valence-corrected chi connectivity index (χ0v) is 17.9. The number of hydrogen-bond donors (Lipinski definition) is 1. The predicted octanol–water partition coefficient (Wildman–Crippen LogP) is 4.15. The van der Waals surface area contributed by atoms with E-state index >= 15 is 0 Å². The van der Waals surface area contributed by atoms with Crippen LogP contribution in [0, 0.1) is 0 Å². The highest BCUT2D eigenvalue weighted by Gasteiger charge is 2.17. The van der Waals surface area contributed by atoms with Crippen LogP contribution in [-0.4, -0.2) is 46.2 Å². The number of carbonyl (C=O) groups is 2. The van der Waals surface area contributed by atoms with Gasteiger partial charge in [0.05, 0.1) is 30.9 Å². The van der Waals surface area contributed by atoms with Crippen molar-refractivity contribution in [2.45, 2.75) is 0 Å². The molecule has 0 amide bonds. The molecule has 0 saturated carbocycles. The number of phenols is 1. The topological polar surface area (TPSA) is 112 Å². The van der Waals surface area contributed by atoms with Gasteiger partial charge in [-0.15, -0.1) is 0 Å². The minimum Gasteiger partial charge on any atom is -0.507 e. The first-order valence-corrected chi connectivity index (χ1v) is 9.92. The molecule has 4 aromatic rings. The summed E-state index contributed by atoms with van der Waals surface area (Å²) in [5.41, 5.74) is 2.27. The Morgan fingerprint density at radius 2 is 1.18 bits per heavy atom. The molecule has 0 spiro atoms. The van der Waals surface area contributed by atoms with Gasteiger partial charge in [-0.3, -0.25) is 0 Å². The highest BCUT2D eigenvalue weighted by molar-refractivity contribution is 5.91. The van der Waals surface area contributed by atoms with Gasteiger partial charge in [-0.2, -0.15) is 0 Å². The molecule has 0 fully saturated rings. The van der Waals surface area contributed by atoms with E-state index < -0.39 is 11.9 Å². The van der Waals surface area contributed by atoms with Crippen molar-refractivity contribution in [2.24, 2.45) is 0 Å². The SMILES string of the molecule is COC(=O)c1ccc(-c2nc(-c3ccccc3)nc(-c3cc(C(=O)OC)ccc3O)n2)cc1. The summed E-state index contributed by atoms with van der Waals surface area (Å²) in [5.74, 6) is -0.202. The predicted molar refractivity (Wildman–Crippen MR) is 120 cm³/mol. The molecule has 0 radical (unpaired) electrons. The Hall–Kier alpha value is -4.59. The lowest BCUT2D eigenvalue weighted by atomic mass is 10.1. The number of hydrogen-bond acceptors (Lipinski definition) is 8. The monoisotopic (exact) mass is 441 g/mol. The number of ether oxygens (including phenoxy) is 2. The molecule has 1 heterocycles. The molecule has 0 bridgehead atoms. The molecule has 0 saturated heterocycles. The molecule has 0 unspecified atom stereocenters. The van der Waals surface area contributed by atoms with Crippen molar-refractivity contribution in [2.75, 3.05) is 14.2 Å². The van der Waals surface area contributed by atoms with Gasteiger partial charge in [0.15, 0.2) is 17.5 Å². The smallest absolute Gasteiger partial charge is 0.337 e. The number of esters is 2. The molecule has 8 heteroatoms. The molecule has 1 aromatic heterocycles. The van der Waals surface area contributed by atoms with Crippen LogP contribution in [-0.2, 0) is 9.47 Å². The summed E-state index contributed by atoms with van der Waals surface area (Å²) < 4.78 is 9.52. The van der Waals surface area contributed by atoms with Crippen LogP contribution in [0.5, 0.6) is 5.75 Å². The van der Waals surface area contributed by atoms with Crippen molar-refractivity contribution >= 4 is 11.9 Å². The summed E-state index contributed by atoms with van der Waals surface area (Å²) in [6.07, 6.45) is 0. The number of aromatic hydroxyl groups is 1. The van der Waals surface area contributed by atoms with Crippen LogP contribution in [0.1, 0.15) is 20.7 Å². The summed E-state index contributed by atoms with van der Waals surface area (Å²) in [6, 6.07) is 20.2. The van der Waals surface area contributed by atoms with Crippen molar-refractivity contribution < 1.29 is 24.2 Å². The maximum absolute atomic E-state index is 12.0. The van der Waals surface area contributed by atoms with Crippen LogP contribution < -0.4 is 0 Å². The Bertz CT molecular complexity index is 1320. The highest BCUT2D eigenvalue weighted by Crippen LogP contribution is 2.31. The number of carbonyl (C=O) groups excluding carboxylic acids is 2. The number of nitrogens with zero attached hydrogens (tertiary/aromatic N) is 3. The molecule has 8 nitrogen and oxygen atoms in total. The quantitative estimate of drug-likeness (QED) is 0.460. The minimum atomic E-state index is -0.549. The molecule has 1 N–H and O–H groups in total. The van der Waals surface area contributed by atoms with Crippen LogP contribution in [0.4, 0.5) is 0 Å². The van der Waals surface area contributed by atoms with Crippen LogP contribution >= 0.6 is 0 Å². The fourth-order valence-electron chi connectivity index (χ4n) is 3.18. The Morgan fingerprint density at radius 3 is 1.79 bits per heavy atom. The van der Waals surface area contributed by atoms with Crippen molar-refractivity contribution in [1.82, 2.24) is 15.0 Å². The van der Waals surface area contributed by atoms with E-state index in [9.17, 15) is 14.7 Å². The van der Waals surface area contributed by atoms with Gasteiger partial charge in [-0.25, -0.2) is 24.5 Å². The van der Waals surface area contributed by atoms with Gasteiger partial charge in [-0.1, -0.05) is 42.5 Å². The summed E-state index contributed by atoms with van der Waals surface area (Å²) in [5, 5.41) is 10.5. The first-order chi connectivity index (χ1) is 16.0. The molecule has 3 aromatic carbocycles. The van der Waals surface area contributed by atoms with E-state index in [4.69, 9.17) is 9.47 Å². The van der Waals surface area contributed by atoms with Crippen molar-refractivity contribution in [1.29, 1.82) is 0 Å². The average molecular weight is 441 g/mol. The van der Waals surface area contributed by atoms with E-state index in [2.05, 4.69) is 15.0 Å². The maximum atomic E-state index is 12.0. The number of phenolic OH excluding ortho intramolecular Hbond substituents is 1. The van der Waals surface area contributed by atoms with Crippen molar-refractivity contribution in [3.8, 4) is 39.9 Å². The second kappa shape index (κ2) is 9.27. The molecule has 0 aliphatic rings. The Balaban J connectivity index is 1.88. The third-order valence-electron chi connectivity index (χ3n) is 4.89. The molecule has 0 atom stereocenters. The minimum absolute atomic E-state index is 0.0974. The van der Waals surface area contributed by atoms with E-state index in [1.165, 1.54) is 32.4 Å². The standard InChI is InChI=1S/C25H19N3O5/c1-32-24(30)17-10-8-16(9-11-17)22-26-21(15-6-4-3-5-7-15)27-23(28-22)19-14-18(25(31)33-2)12-13-20(19)29/h3-14,29H,1-2H3. The fourth-order valence-corrected chi connectivity index (χ4v) is 3.18. The number of rotatable bonds is 5. The third-order valence-corrected chi connectivity index (χ3v) is 4.89. The normalized spacial score (nSPS) is 10.5. The second-order valence-electron chi connectivity index (χ2n) is 6.96. The van der Waals surface area contributed by atoms with Gasteiger partial charge < -0.3 is 14.6 Å². The van der Waals surface area contributed by atoms with E-state index in [-0.39, 0.29) is 22.7 Å².